The van der Waals surface area contributed by atoms with Gasteiger partial charge in [0.15, 0.2) is 0 Å². The molecule has 10 rings (SSSR count). The van der Waals surface area contributed by atoms with Gasteiger partial charge in [-0.25, -0.2) is 0 Å². The van der Waals surface area contributed by atoms with Crippen molar-refractivity contribution in [1.29, 1.82) is 0 Å². The summed E-state index contributed by atoms with van der Waals surface area (Å²) >= 11 is 1.36. The van der Waals surface area contributed by atoms with E-state index >= 15 is 0 Å². The first kappa shape index (κ1) is 57.3. The van der Waals surface area contributed by atoms with Crippen LogP contribution in [0.1, 0.15) is 141 Å². The van der Waals surface area contributed by atoms with E-state index in [0.717, 1.165) is 0 Å². The first-order chi connectivity index (χ1) is 31.6. The van der Waals surface area contributed by atoms with Crippen LogP contribution in [0.4, 0.5) is 0 Å². The molecule has 2 fully saturated rings. The molecule has 360 valence electrons. The summed E-state index contributed by atoms with van der Waals surface area (Å²) in [6.07, 6.45) is 27.8. The fourth-order valence-corrected chi connectivity index (χ4v) is 12.5. The van der Waals surface area contributed by atoms with Gasteiger partial charge >= 0.3 is 30.2 Å². The molecule has 0 bridgehead atoms. The second-order valence-electron chi connectivity index (χ2n) is 19.8. The Kier molecular flexibility index (Phi) is 23.6. The van der Waals surface area contributed by atoms with Gasteiger partial charge in [0.05, 0.1) is 0 Å². The Morgan fingerprint density at radius 1 is 0.412 bits per heavy atom. The van der Waals surface area contributed by atoms with Gasteiger partial charge in [-0.2, -0.15) is 12.1 Å². The Labute approximate surface area is 441 Å². The third-order valence-corrected chi connectivity index (χ3v) is 15.3. The van der Waals surface area contributed by atoms with Gasteiger partial charge in [0.25, 0.3) is 0 Å². The zero-order chi connectivity index (χ0) is 44.2. The standard InChI is InChI=1S/2C31H35.2CH3.2ClH.Si.Zr/c2*1-2-18-31(19-8-4-3-5-9-20-31)23-24-21-26-14-11-17-29(30(26)22-24)28-16-10-13-25-12-6-7-15-27(25)28;;;;;;/h2*6-7,10-17,21-22H,2-5,8-9,18-20,23H2,1H3;2*1H3;2*1H;;/q4*-1;;;;. The first-order valence-electron chi connectivity index (χ1n) is 25.1. The molecule has 2 aliphatic rings. The Bertz CT molecular complexity index is 2520. The predicted octanol–water partition coefficient (Wildman–Crippen LogP) is 20.3. The fraction of sp³-hybridized carbons (Fsp3) is 0.375. The van der Waals surface area contributed by atoms with Crippen molar-refractivity contribution >= 4 is 74.8 Å². The molecule has 0 saturated heterocycles. The SMILES string of the molecule is CCCC1(Cc2cc3c(-c4cccc5ccccc45)cccc3[cH-]2)CCCCCCC1.CCCC1(Cc2cc3c(-c4cccc5ccccc45)cccc3[cH-]2)CCCCCCC1.Cl.Cl.[CH3-].[CH3-].[Si]=[Zr]. The molecule has 0 aromatic heterocycles. The number of hydrogen-bond donors (Lipinski definition) is 0. The van der Waals surface area contributed by atoms with Crippen LogP contribution < -0.4 is 0 Å². The minimum atomic E-state index is 0. The quantitative estimate of drug-likeness (QED) is 0.0946. The first-order valence-corrected chi connectivity index (χ1v) is 29.3. The third kappa shape index (κ3) is 13.6. The van der Waals surface area contributed by atoms with E-state index < -0.39 is 0 Å². The molecular formula is C64H78Cl2SiZr-4. The molecule has 4 heteroatoms. The zero-order valence-corrected chi connectivity index (χ0v) is 46.9. The van der Waals surface area contributed by atoms with E-state index in [-0.39, 0.29) is 39.7 Å². The Hall–Kier alpha value is -3.26. The van der Waals surface area contributed by atoms with Crippen molar-refractivity contribution in [3.05, 3.63) is 172 Å². The summed E-state index contributed by atoms with van der Waals surface area (Å²) < 4.78 is 0. The number of benzene rings is 6. The number of halogens is 2. The van der Waals surface area contributed by atoms with Crippen LogP contribution in [0.2, 0.25) is 0 Å². The molecule has 0 unspecified atom stereocenters. The molecule has 0 atom stereocenters. The average Bonchev–Trinajstić information content (AvgIpc) is 3.93. The van der Waals surface area contributed by atoms with Crippen molar-refractivity contribution in [3.8, 4) is 22.3 Å². The third-order valence-electron chi connectivity index (χ3n) is 15.3. The van der Waals surface area contributed by atoms with Gasteiger partial charge in [-0.3, -0.25) is 0 Å². The summed E-state index contributed by atoms with van der Waals surface area (Å²) in [5, 5.41) is 11.0. The van der Waals surface area contributed by atoms with E-state index in [9.17, 15) is 0 Å². The Balaban J connectivity index is 0.000000271. The van der Waals surface area contributed by atoms with Gasteiger partial charge in [-0.05, 0) is 94.9 Å². The summed E-state index contributed by atoms with van der Waals surface area (Å²) in [6.45, 7) is 7.81. The van der Waals surface area contributed by atoms with Crippen molar-refractivity contribution in [2.24, 2.45) is 10.8 Å². The monoisotopic (exact) mass is 1030 g/mol. The van der Waals surface area contributed by atoms with E-state index in [1.807, 2.05) is 0 Å². The molecule has 0 N–H and O–H groups in total. The molecule has 0 aliphatic heterocycles. The zero-order valence-electron chi connectivity index (χ0n) is 41.8. The van der Waals surface area contributed by atoms with Crippen LogP contribution in [0, 0.1) is 25.7 Å². The molecule has 0 spiro atoms. The van der Waals surface area contributed by atoms with Gasteiger partial charge in [0.1, 0.15) is 0 Å². The molecular weight excluding hydrogens is 959 g/mol. The molecule has 0 nitrogen and oxygen atoms in total. The topological polar surface area (TPSA) is 0 Å². The maximum absolute atomic E-state index is 3.06. The van der Waals surface area contributed by atoms with Gasteiger partial charge in [0, 0.05) is 0 Å². The number of rotatable bonds is 10. The van der Waals surface area contributed by atoms with Gasteiger partial charge < -0.3 is 14.9 Å². The van der Waals surface area contributed by atoms with Gasteiger partial charge in [-0.15, -0.1) is 93.9 Å². The van der Waals surface area contributed by atoms with Crippen molar-refractivity contribution in [1.82, 2.24) is 0 Å². The minimum absolute atomic E-state index is 0. The molecule has 0 heterocycles. The molecule has 2 saturated carbocycles. The molecule has 2 aliphatic carbocycles. The van der Waals surface area contributed by atoms with Crippen molar-refractivity contribution in [2.75, 3.05) is 0 Å². The van der Waals surface area contributed by atoms with Crippen LogP contribution in [0.3, 0.4) is 0 Å². The second kappa shape index (κ2) is 28.0. The summed E-state index contributed by atoms with van der Waals surface area (Å²) in [5.41, 5.74) is 9.60. The summed E-state index contributed by atoms with van der Waals surface area (Å²) in [4.78, 5) is 0. The van der Waals surface area contributed by atoms with Crippen LogP contribution in [-0.4, -0.2) is 6.88 Å². The average molecular weight is 1040 g/mol. The molecule has 8 aromatic rings. The number of fused-ring (bicyclic) bond motifs is 4. The number of hydrogen-bond acceptors (Lipinski definition) is 0. The Morgan fingerprint density at radius 3 is 1.09 bits per heavy atom. The van der Waals surface area contributed by atoms with E-state index in [0.29, 0.717) is 10.8 Å². The van der Waals surface area contributed by atoms with Crippen LogP contribution >= 0.6 is 24.8 Å². The molecule has 2 radical (unpaired) electrons. The Morgan fingerprint density at radius 2 is 0.721 bits per heavy atom. The van der Waals surface area contributed by atoms with E-state index in [1.165, 1.54) is 217 Å². The van der Waals surface area contributed by atoms with Gasteiger partial charge in [0.2, 0.25) is 0 Å². The van der Waals surface area contributed by atoms with Gasteiger partial charge in [-0.1, -0.05) is 199 Å². The summed E-state index contributed by atoms with van der Waals surface area (Å²) in [5.74, 6) is 0. The van der Waals surface area contributed by atoms with Crippen LogP contribution in [-0.2, 0) is 36.2 Å². The maximum atomic E-state index is 3.06. The second-order valence-corrected chi connectivity index (χ2v) is 19.8. The summed E-state index contributed by atoms with van der Waals surface area (Å²) in [6, 6.07) is 54.7. The van der Waals surface area contributed by atoms with Crippen LogP contribution in [0.25, 0.3) is 65.3 Å². The van der Waals surface area contributed by atoms with Crippen molar-refractivity contribution < 1.29 is 23.3 Å². The fourth-order valence-electron chi connectivity index (χ4n) is 12.5. The van der Waals surface area contributed by atoms with Crippen molar-refractivity contribution in [3.63, 3.8) is 0 Å². The van der Waals surface area contributed by atoms with E-state index in [4.69, 9.17) is 0 Å². The van der Waals surface area contributed by atoms with Crippen molar-refractivity contribution in [2.45, 2.75) is 142 Å². The summed E-state index contributed by atoms with van der Waals surface area (Å²) in [7, 11) is 0. The van der Waals surface area contributed by atoms with E-state index in [1.54, 1.807) is 11.1 Å². The normalized spacial score (nSPS) is 15.5. The van der Waals surface area contributed by atoms with Crippen LogP contribution in [0.15, 0.2) is 146 Å². The van der Waals surface area contributed by atoms with Crippen LogP contribution in [0.5, 0.6) is 0 Å². The molecule has 68 heavy (non-hydrogen) atoms. The molecule has 0 amide bonds. The predicted molar refractivity (Wildman–Crippen MR) is 305 cm³/mol. The van der Waals surface area contributed by atoms with E-state index in [2.05, 4.69) is 166 Å². The molecule has 8 aromatic carbocycles.